The number of nitrogens with zero attached hydrogens (tertiary/aromatic N) is 1. The summed E-state index contributed by atoms with van der Waals surface area (Å²) < 4.78 is 0. The summed E-state index contributed by atoms with van der Waals surface area (Å²) in [4.78, 5) is 31.4. The molecule has 0 saturated carbocycles. The number of amides is 1. The van der Waals surface area contributed by atoms with Gasteiger partial charge in [-0.15, -0.1) is 0 Å². The summed E-state index contributed by atoms with van der Waals surface area (Å²) in [7, 11) is 0. The predicted molar refractivity (Wildman–Crippen MR) is 60.6 cm³/mol. The molecule has 0 radical (unpaired) electrons. The molecule has 0 saturated heterocycles. The summed E-state index contributed by atoms with van der Waals surface area (Å²) in [6.45, 7) is 1.57. The van der Waals surface area contributed by atoms with Crippen molar-refractivity contribution in [1.82, 2.24) is 0 Å². The first kappa shape index (κ1) is 13.4. The Morgan fingerprint density at radius 3 is 2.56 bits per heavy atom. The van der Waals surface area contributed by atoms with Crippen molar-refractivity contribution in [3.8, 4) is 0 Å². The SMILES string of the molecule is Cc1ccc(NC(=O)C=CC(=O)[O-])cc1[N+](=O)[O-]. The van der Waals surface area contributed by atoms with Gasteiger partial charge in [-0.2, -0.15) is 0 Å². The van der Waals surface area contributed by atoms with E-state index in [2.05, 4.69) is 5.32 Å². The van der Waals surface area contributed by atoms with Crippen LogP contribution in [-0.4, -0.2) is 16.8 Å². The van der Waals surface area contributed by atoms with Crippen LogP contribution in [0.15, 0.2) is 30.4 Å². The minimum absolute atomic E-state index is 0.128. The summed E-state index contributed by atoms with van der Waals surface area (Å²) in [5, 5.41) is 23.0. The molecule has 94 valence electrons. The Bertz CT molecular complexity index is 536. The number of carboxylic acids is 1. The van der Waals surface area contributed by atoms with Gasteiger partial charge in [0, 0.05) is 23.4 Å². The van der Waals surface area contributed by atoms with Crippen LogP contribution in [0, 0.1) is 17.0 Å². The van der Waals surface area contributed by atoms with Gasteiger partial charge < -0.3 is 15.2 Å². The Hall–Kier alpha value is -2.70. The van der Waals surface area contributed by atoms with Crippen LogP contribution in [0.1, 0.15) is 5.56 Å². The molecule has 0 aliphatic carbocycles. The minimum atomic E-state index is -1.50. The lowest BCUT2D eigenvalue weighted by molar-refractivity contribution is -0.385. The second-order valence-electron chi connectivity index (χ2n) is 3.40. The van der Waals surface area contributed by atoms with Crippen molar-refractivity contribution in [1.29, 1.82) is 0 Å². The molecule has 0 unspecified atom stereocenters. The van der Waals surface area contributed by atoms with Crippen molar-refractivity contribution < 1.29 is 19.6 Å². The van der Waals surface area contributed by atoms with E-state index < -0.39 is 16.8 Å². The molecule has 1 aromatic carbocycles. The summed E-state index contributed by atoms with van der Waals surface area (Å²) in [6.07, 6.45) is 1.33. The lowest BCUT2D eigenvalue weighted by atomic mass is 10.2. The van der Waals surface area contributed by atoms with Crippen LogP contribution in [0.2, 0.25) is 0 Å². The number of aryl methyl sites for hydroxylation is 1. The van der Waals surface area contributed by atoms with Crippen LogP contribution in [0.3, 0.4) is 0 Å². The van der Waals surface area contributed by atoms with Crippen LogP contribution in [0.4, 0.5) is 11.4 Å². The number of carbonyl (C=O) groups is 2. The van der Waals surface area contributed by atoms with E-state index in [1.165, 1.54) is 18.2 Å². The van der Waals surface area contributed by atoms with Crippen molar-refractivity contribution >= 4 is 23.3 Å². The van der Waals surface area contributed by atoms with E-state index in [1.54, 1.807) is 6.92 Å². The number of nitrogens with one attached hydrogen (secondary N) is 1. The van der Waals surface area contributed by atoms with E-state index in [-0.39, 0.29) is 11.4 Å². The summed E-state index contributed by atoms with van der Waals surface area (Å²) in [5.41, 5.74) is 0.542. The van der Waals surface area contributed by atoms with Crippen LogP contribution in [-0.2, 0) is 9.59 Å². The Morgan fingerprint density at radius 1 is 1.33 bits per heavy atom. The molecule has 0 aromatic heterocycles. The van der Waals surface area contributed by atoms with Gasteiger partial charge in [0.15, 0.2) is 0 Å². The highest BCUT2D eigenvalue weighted by atomic mass is 16.6. The van der Waals surface area contributed by atoms with Gasteiger partial charge in [-0.3, -0.25) is 14.9 Å². The lowest BCUT2D eigenvalue weighted by Crippen LogP contribution is -2.20. The second kappa shape index (κ2) is 5.58. The third kappa shape index (κ3) is 3.71. The number of nitro benzene ring substituents is 1. The molecule has 0 bridgehead atoms. The molecule has 0 spiro atoms. The number of hydrogen-bond acceptors (Lipinski definition) is 5. The molecule has 0 aliphatic rings. The fraction of sp³-hybridized carbons (Fsp3) is 0.0909. The van der Waals surface area contributed by atoms with Crippen molar-refractivity contribution in [2.24, 2.45) is 0 Å². The van der Waals surface area contributed by atoms with Gasteiger partial charge in [-0.25, -0.2) is 0 Å². The second-order valence-corrected chi connectivity index (χ2v) is 3.40. The molecule has 0 heterocycles. The molecule has 1 aromatic rings. The molecule has 0 aliphatic heterocycles. The molecule has 0 fully saturated rings. The van der Waals surface area contributed by atoms with Crippen LogP contribution in [0.5, 0.6) is 0 Å². The first-order valence-electron chi connectivity index (χ1n) is 4.85. The Labute approximate surface area is 102 Å². The van der Waals surface area contributed by atoms with E-state index in [9.17, 15) is 24.8 Å². The first-order valence-corrected chi connectivity index (χ1v) is 4.85. The van der Waals surface area contributed by atoms with E-state index in [0.717, 1.165) is 6.08 Å². The quantitative estimate of drug-likeness (QED) is 0.463. The van der Waals surface area contributed by atoms with Gasteiger partial charge in [0.1, 0.15) is 0 Å². The van der Waals surface area contributed by atoms with Crippen molar-refractivity contribution in [3.05, 3.63) is 46.0 Å². The molecule has 18 heavy (non-hydrogen) atoms. The van der Waals surface area contributed by atoms with E-state index >= 15 is 0 Å². The number of benzene rings is 1. The summed E-state index contributed by atoms with van der Waals surface area (Å²) in [5.74, 6) is -2.21. The van der Waals surface area contributed by atoms with Gasteiger partial charge in [0.2, 0.25) is 5.91 Å². The first-order chi connectivity index (χ1) is 8.40. The fourth-order valence-electron chi connectivity index (χ4n) is 1.21. The van der Waals surface area contributed by atoms with Gasteiger partial charge in [0.05, 0.1) is 10.9 Å². The third-order valence-corrected chi connectivity index (χ3v) is 2.04. The van der Waals surface area contributed by atoms with Crippen molar-refractivity contribution in [3.63, 3.8) is 0 Å². The van der Waals surface area contributed by atoms with Crippen molar-refractivity contribution in [2.75, 3.05) is 5.32 Å². The monoisotopic (exact) mass is 249 g/mol. The number of nitro groups is 1. The van der Waals surface area contributed by atoms with Gasteiger partial charge in [-0.05, 0) is 19.1 Å². The van der Waals surface area contributed by atoms with Crippen LogP contribution in [0.25, 0.3) is 0 Å². The maximum absolute atomic E-state index is 11.2. The predicted octanol–water partition coefficient (Wildman–Crippen LogP) is 0.148. The highest BCUT2D eigenvalue weighted by molar-refractivity contribution is 6.02. The molecule has 7 nitrogen and oxygen atoms in total. The van der Waals surface area contributed by atoms with E-state index in [0.29, 0.717) is 11.6 Å². The molecule has 7 heteroatoms. The number of carboxylic acid groups (broad SMARTS) is 1. The molecular formula is C11H9N2O5-. The standard InChI is InChI=1S/C11H10N2O5/c1-7-2-3-8(6-9(7)13(17)18)12-10(14)4-5-11(15)16/h2-6H,1H3,(H,12,14)(H,15,16)/p-1. The van der Waals surface area contributed by atoms with Crippen molar-refractivity contribution in [2.45, 2.75) is 6.92 Å². The molecule has 1 N–H and O–H groups in total. The molecule has 0 atom stereocenters. The van der Waals surface area contributed by atoms with Crippen LogP contribution < -0.4 is 10.4 Å². The molecular weight excluding hydrogens is 240 g/mol. The van der Waals surface area contributed by atoms with Crippen LogP contribution >= 0.6 is 0 Å². The summed E-state index contributed by atoms with van der Waals surface area (Å²) in [6, 6.07) is 4.16. The average Bonchev–Trinajstić information content (AvgIpc) is 2.28. The molecule has 1 amide bonds. The van der Waals surface area contributed by atoms with E-state index in [4.69, 9.17) is 0 Å². The van der Waals surface area contributed by atoms with Gasteiger partial charge >= 0.3 is 0 Å². The third-order valence-electron chi connectivity index (χ3n) is 2.04. The number of hydrogen-bond donors (Lipinski definition) is 1. The minimum Gasteiger partial charge on any atom is -0.545 e. The van der Waals surface area contributed by atoms with Gasteiger partial charge in [0.25, 0.3) is 5.69 Å². The topological polar surface area (TPSA) is 112 Å². The fourth-order valence-corrected chi connectivity index (χ4v) is 1.21. The zero-order valence-electron chi connectivity index (χ0n) is 9.38. The molecule has 1 rings (SSSR count). The normalized spacial score (nSPS) is 10.3. The highest BCUT2D eigenvalue weighted by Crippen LogP contribution is 2.22. The average molecular weight is 249 g/mol. The summed E-state index contributed by atoms with van der Waals surface area (Å²) >= 11 is 0. The van der Waals surface area contributed by atoms with E-state index in [1.807, 2.05) is 0 Å². The number of anilines is 1. The Morgan fingerprint density at radius 2 is 2.00 bits per heavy atom. The Kier molecular flexibility index (Phi) is 4.14. The number of rotatable bonds is 4. The smallest absolute Gasteiger partial charge is 0.274 e. The zero-order valence-corrected chi connectivity index (χ0v) is 9.38. The lowest BCUT2D eigenvalue weighted by Gasteiger charge is -2.03. The highest BCUT2D eigenvalue weighted by Gasteiger charge is 2.11. The largest absolute Gasteiger partial charge is 0.545 e. The Balaban J connectivity index is 2.86. The maximum Gasteiger partial charge on any atom is 0.274 e. The van der Waals surface area contributed by atoms with Gasteiger partial charge in [-0.1, -0.05) is 6.07 Å². The zero-order chi connectivity index (χ0) is 13.7. The number of carbonyl (C=O) groups excluding carboxylic acids is 2. The number of aliphatic carboxylic acids is 1. The maximum atomic E-state index is 11.2.